The van der Waals surface area contributed by atoms with Gasteiger partial charge in [-0.2, -0.15) is 0 Å². The van der Waals surface area contributed by atoms with Crippen LogP contribution in [-0.4, -0.2) is 11.4 Å². The first-order chi connectivity index (χ1) is 7.17. The molecule has 8 heteroatoms. The summed E-state index contributed by atoms with van der Waals surface area (Å²) in [5, 5.41) is 10.4. The summed E-state index contributed by atoms with van der Waals surface area (Å²) in [4.78, 5) is 9.89. The lowest BCUT2D eigenvalue weighted by Gasteiger charge is -2.39. The largest absolute Gasteiger partial charge is 0.638 e. The quantitative estimate of drug-likeness (QED) is 0.448. The van der Waals surface area contributed by atoms with E-state index in [-0.39, 0.29) is 5.69 Å². The summed E-state index contributed by atoms with van der Waals surface area (Å²) in [6.45, 7) is -0.573. The van der Waals surface area contributed by atoms with E-state index in [1.807, 2.05) is 0 Å². The predicted octanol–water partition coefficient (Wildman–Crippen LogP) is 2.01. The molecule has 2 bridgehead atoms. The minimum atomic E-state index is -2.53. The van der Waals surface area contributed by atoms with Gasteiger partial charge >= 0.3 is 14.6 Å². The molecule has 4 rings (SSSR count). The number of rotatable bonds is 3. The van der Waals surface area contributed by atoms with E-state index >= 15 is 0 Å². The third-order valence-corrected chi connectivity index (χ3v) is 3.64. The first-order valence-electron chi connectivity index (χ1n) is 4.05. The Morgan fingerprint density at radius 1 is 1.27 bits per heavy atom. The van der Waals surface area contributed by atoms with Crippen molar-refractivity contribution in [2.75, 3.05) is 0 Å². The van der Waals surface area contributed by atoms with Crippen LogP contribution in [-0.2, 0) is 13.6 Å². The molecule has 0 unspecified atom stereocenters. The number of hydrogen-bond donors (Lipinski definition) is 0. The van der Waals surface area contributed by atoms with E-state index in [2.05, 4.69) is 0 Å². The molecule has 1 aromatic rings. The molecule has 0 saturated carbocycles. The number of benzene rings is 1. The van der Waals surface area contributed by atoms with Crippen LogP contribution in [0.25, 0.3) is 0 Å². The fourth-order valence-corrected chi connectivity index (χ4v) is 2.35. The van der Waals surface area contributed by atoms with Gasteiger partial charge in [-0.15, -0.1) is 0 Å². The van der Waals surface area contributed by atoms with Crippen LogP contribution < -0.4 is 4.52 Å². The average Bonchev–Trinajstić information content (AvgIpc) is 2.10. The van der Waals surface area contributed by atoms with E-state index in [9.17, 15) is 10.1 Å². The molecule has 0 amide bonds. The van der Waals surface area contributed by atoms with Gasteiger partial charge in [0.25, 0.3) is 5.69 Å². The molecule has 3 heterocycles. The zero-order valence-electron chi connectivity index (χ0n) is 7.23. The summed E-state index contributed by atoms with van der Waals surface area (Å²) in [5.74, 6) is 0.423. The lowest BCUT2D eigenvalue weighted by Crippen LogP contribution is -2.48. The third kappa shape index (κ3) is 1.37. The Kier molecular flexibility index (Phi) is 1.72. The molecule has 0 atom stereocenters. The summed E-state index contributed by atoms with van der Waals surface area (Å²) < 4.78 is 20.3. The van der Waals surface area contributed by atoms with Crippen LogP contribution in [0.4, 0.5) is 5.69 Å². The van der Waals surface area contributed by atoms with Gasteiger partial charge in [-0.05, 0) is 12.1 Å². The highest BCUT2D eigenvalue weighted by molar-refractivity contribution is 7.59. The van der Waals surface area contributed by atoms with Gasteiger partial charge in [-0.3, -0.25) is 14.6 Å². The van der Waals surface area contributed by atoms with E-state index in [4.69, 9.17) is 18.1 Å². The van der Waals surface area contributed by atoms with Crippen molar-refractivity contribution in [2.45, 2.75) is 6.48 Å². The third-order valence-electron chi connectivity index (χ3n) is 1.91. The van der Waals surface area contributed by atoms with Crippen LogP contribution in [0, 0.1) is 10.1 Å². The number of hydrogen-bond acceptors (Lipinski definition) is 6. The minimum absolute atomic E-state index is 0.000957. The average molecular weight is 230 g/mol. The summed E-state index contributed by atoms with van der Waals surface area (Å²) in [6, 6.07) is 5.61. The monoisotopic (exact) mass is 230 g/mol. The molecule has 3 fully saturated rings. The Bertz CT molecular complexity index is 403. The molecule has 0 aromatic heterocycles. The van der Waals surface area contributed by atoms with E-state index in [0.717, 1.165) is 0 Å². The maximum atomic E-state index is 10.4. The molecule has 78 valence electrons. The molecule has 0 aliphatic carbocycles. The van der Waals surface area contributed by atoms with Gasteiger partial charge < -0.3 is 0 Å². The van der Waals surface area contributed by atoms with Crippen molar-refractivity contribution in [2.24, 2.45) is 0 Å². The molecular formula is C7H5NO6P+. The van der Waals surface area contributed by atoms with Crippen molar-refractivity contribution in [1.29, 1.82) is 0 Å². The maximum absolute atomic E-state index is 10.4. The van der Waals surface area contributed by atoms with Crippen LogP contribution in [0.5, 0.6) is 5.75 Å². The fourth-order valence-electron chi connectivity index (χ4n) is 1.16. The summed E-state index contributed by atoms with van der Waals surface area (Å²) >= 11 is 0. The van der Waals surface area contributed by atoms with Crippen molar-refractivity contribution < 1.29 is 23.0 Å². The SMILES string of the molecule is O=[N+]([O-])c1ccc(O[P+]23OC(O2)O3)cc1. The maximum Gasteiger partial charge on any atom is 0.638 e. The van der Waals surface area contributed by atoms with Crippen molar-refractivity contribution in [3.05, 3.63) is 34.4 Å². The Morgan fingerprint density at radius 2 is 1.87 bits per heavy atom. The highest BCUT2D eigenvalue weighted by atomic mass is 31.2. The molecule has 7 nitrogen and oxygen atoms in total. The van der Waals surface area contributed by atoms with Gasteiger partial charge in [0, 0.05) is 12.1 Å². The van der Waals surface area contributed by atoms with E-state index in [0.29, 0.717) is 5.75 Å². The van der Waals surface area contributed by atoms with Gasteiger partial charge in [0.2, 0.25) is 0 Å². The second kappa shape index (κ2) is 2.86. The number of nitrogens with zero attached hydrogens (tertiary/aromatic N) is 1. The van der Waals surface area contributed by atoms with Gasteiger partial charge in [0.05, 0.1) is 4.92 Å². The molecule has 3 aliphatic heterocycles. The van der Waals surface area contributed by atoms with E-state index in [1.54, 1.807) is 0 Å². The first kappa shape index (κ1) is 8.99. The van der Waals surface area contributed by atoms with Crippen molar-refractivity contribution >= 4 is 13.9 Å². The lowest BCUT2D eigenvalue weighted by atomic mass is 10.3. The fraction of sp³-hybridized carbons (Fsp3) is 0.143. The number of non-ortho nitro benzene ring substituents is 1. The van der Waals surface area contributed by atoms with Crippen molar-refractivity contribution in [3.63, 3.8) is 0 Å². The standard InChI is InChI=1S/C7H5NO6P/c9-8(10)5-1-3-6(4-2-5)11-15-12-7(13-15)14-15/h1-4,7H/q+1. The number of nitro benzene ring substituents is 1. The van der Waals surface area contributed by atoms with Gasteiger partial charge in [-0.1, -0.05) is 13.6 Å². The number of nitro groups is 1. The summed E-state index contributed by atoms with van der Waals surface area (Å²) in [6.07, 6.45) is 0. The van der Waals surface area contributed by atoms with Crippen LogP contribution in [0.1, 0.15) is 0 Å². The van der Waals surface area contributed by atoms with Crippen LogP contribution in [0.15, 0.2) is 24.3 Å². The van der Waals surface area contributed by atoms with Crippen LogP contribution >= 0.6 is 8.17 Å². The summed E-state index contributed by atoms with van der Waals surface area (Å²) in [5.41, 5.74) is 0.000957. The smallest absolute Gasteiger partial charge is 0.260 e. The zero-order chi connectivity index (χ0) is 10.5. The van der Waals surface area contributed by atoms with Crippen molar-refractivity contribution in [3.8, 4) is 5.75 Å². The highest BCUT2D eigenvalue weighted by Crippen LogP contribution is 2.82. The summed E-state index contributed by atoms with van der Waals surface area (Å²) in [7, 11) is -2.53. The topological polar surface area (TPSA) is 80.1 Å². The molecule has 3 saturated heterocycles. The molecule has 1 aromatic carbocycles. The highest BCUT2D eigenvalue weighted by Gasteiger charge is 2.83. The first-order valence-corrected chi connectivity index (χ1v) is 5.51. The molecule has 0 spiro atoms. The normalized spacial score (nSPS) is 31.3. The molecule has 0 radical (unpaired) electrons. The second-order valence-electron chi connectivity index (χ2n) is 2.89. The molecule has 15 heavy (non-hydrogen) atoms. The second-order valence-corrected chi connectivity index (χ2v) is 4.60. The molecule has 3 aliphatic rings. The van der Waals surface area contributed by atoms with E-state index in [1.165, 1.54) is 24.3 Å². The zero-order valence-corrected chi connectivity index (χ0v) is 8.13. The van der Waals surface area contributed by atoms with Gasteiger partial charge in [-0.25, -0.2) is 0 Å². The van der Waals surface area contributed by atoms with E-state index < -0.39 is 19.6 Å². The predicted molar refractivity (Wildman–Crippen MR) is 47.7 cm³/mol. The minimum Gasteiger partial charge on any atom is -0.260 e. The van der Waals surface area contributed by atoms with Gasteiger partial charge in [0.1, 0.15) is 0 Å². The van der Waals surface area contributed by atoms with Crippen LogP contribution in [0.2, 0.25) is 0 Å². The lowest BCUT2D eigenvalue weighted by molar-refractivity contribution is -0.384. The Labute approximate surface area is 84.3 Å². The van der Waals surface area contributed by atoms with Crippen molar-refractivity contribution in [1.82, 2.24) is 0 Å². The molecular weight excluding hydrogens is 225 g/mol. The Balaban J connectivity index is 1.73. The molecule has 0 N–H and O–H groups in total. The van der Waals surface area contributed by atoms with Crippen LogP contribution in [0.3, 0.4) is 0 Å². The van der Waals surface area contributed by atoms with Gasteiger partial charge in [0.15, 0.2) is 5.75 Å². The Hall–Kier alpha value is -1.27. The Morgan fingerprint density at radius 3 is 2.27 bits per heavy atom.